The maximum atomic E-state index is 10.8. The highest BCUT2D eigenvalue weighted by molar-refractivity contribution is 5.88. The van der Waals surface area contributed by atoms with Crippen molar-refractivity contribution in [3.05, 3.63) is 33.9 Å². The van der Waals surface area contributed by atoms with Crippen molar-refractivity contribution in [3.8, 4) is 5.75 Å². The Morgan fingerprint density at radius 3 is 2.61 bits per heavy atom. The number of nitrogens with zero attached hydrogens (tertiary/aromatic N) is 1. The van der Waals surface area contributed by atoms with E-state index < -0.39 is 29.2 Å². The zero-order valence-electron chi connectivity index (χ0n) is 9.28. The third kappa shape index (κ3) is 3.17. The largest absolute Gasteiger partial charge is 0.478 e. The van der Waals surface area contributed by atoms with Crippen molar-refractivity contribution >= 4 is 17.6 Å². The van der Waals surface area contributed by atoms with Crippen LogP contribution in [0.15, 0.2) is 18.2 Å². The lowest BCUT2D eigenvalue weighted by Crippen LogP contribution is -2.13. The molecule has 1 N–H and O–H groups in total. The normalized spacial score (nSPS) is 9.61. The Morgan fingerprint density at radius 1 is 1.44 bits per heavy atom. The van der Waals surface area contributed by atoms with Crippen LogP contribution in [0, 0.1) is 10.1 Å². The first kappa shape index (κ1) is 13.4. The maximum absolute atomic E-state index is 10.8. The highest BCUT2D eigenvalue weighted by atomic mass is 16.6. The third-order valence-corrected chi connectivity index (χ3v) is 1.98. The molecule has 8 heteroatoms. The van der Waals surface area contributed by atoms with Crippen LogP contribution in [0.3, 0.4) is 0 Å². The molecule has 0 aliphatic rings. The predicted octanol–water partition coefficient (Wildman–Crippen LogP) is 0.845. The summed E-state index contributed by atoms with van der Waals surface area (Å²) in [4.78, 5) is 31.4. The molecule has 0 aromatic heterocycles. The monoisotopic (exact) mass is 255 g/mol. The summed E-state index contributed by atoms with van der Waals surface area (Å²) in [5, 5.41) is 19.4. The van der Waals surface area contributed by atoms with Gasteiger partial charge in [0.25, 0.3) is 0 Å². The molecule has 18 heavy (non-hydrogen) atoms. The molecule has 0 aliphatic heterocycles. The highest BCUT2D eigenvalue weighted by Crippen LogP contribution is 2.27. The summed E-state index contributed by atoms with van der Waals surface area (Å²) >= 11 is 0. The van der Waals surface area contributed by atoms with E-state index in [0.29, 0.717) is 0 Å². The Bertz CT molecular complexity index is 497. The highest BCUT2D eigenvalue weighted by Gasteiger charge is 2.19. The van der Waals surface area contributed by atoms with Crippen molar-refractivity contribution in [1.29, 1.82) is 0 Å². The van der Waals surface area contributed by atoms with Crippen LogP contribution in [0.1, 0.15) is 10.4 Å². The van der Waals surface area contributed by atoms with Crippen LogP contribution in [-0.2, 0) is 9.53 Å². The zero-order chi connectivity index (χ0) is 13.7. The average Bonchev–Trinajstić information content (AvgIpc) is 2.35. The number of carboxylic acid groups (broad SMARTS) is 1. The number of rotatable bonds is 5. The summed E-state index contributed by atoms with van der Waals surface area (Å²) in [6.07, 6.45) is 0. The molecule has 0 aliphatic carbocycles. The molecule has 0 saturated heterocycles. The number of carbonyl (C=O) groups is 2. The number of carbonyl (C=O) groups excluding carboxylic acids is 1. The number of carboxylic acids is 1. The number of nitro benzene ring substituents is 1. The molecule has 8 nitrogen and oxygen atoms in total. The summed E-state index contributed by atoms with van der Waals surface area (Å²) in [7, 11) is 1.15. The Morgan fingerprint density at radius 2 is 2.11 bits per heavy atom. The van der Waals surface area contributed by atoms with Crippen LogP contribution >= 0.6 is 0 Å². The Labute approximate surface area is 101 Å². The van der Waals surface area contributed by atoms with Crippen molar-refractivity contribution < 1.29 is 29.1 Å². The summed E-state index contributed by atoms with van der Waals surface area (Å²) in [6, 6.07) is 3.11. The van der Waals surface area contributed by atoms with Gasteiger partial charge in [-0.1, -0.05) is 0 Å². The van der Waals surface area contributed by atoms with Gasteiger partial charge in [0.15, 0.2) is 12.4 Å². The minimum Gasteiger partial charge on any atom is -0.478 e. The van der Waals surface area contributed by atoms with Crippen molar-refractivity contribution in [2.45, 2.75) is 0 Å². The summed E-state index contributed by atoms with van der Waals surface area (Å²) in [6.45, 7) is -0.496. The van der Waals surface area contributed by atoms with Gasteiger partial charge in [0.2, 0.25) is 0 Å². The van der Waals surface area contributed by atoms with E-state index in [-0.39, 0.29) is 11.3 Å². The molecule has 0 amide bonds. The zero-order valence-corrected chi connectivity index (χ0v) is 9.28. The molecule has 0 bridgehead atoms. The smallest absolute Gasteiger partial charge is 0.343 e. The van der Waals surface area contributed by atoms with Gasteiger partial charge < -0.3 is 14.6 Å². The molecule has 0 saturated carbocycles. The Balaban J connectivity index is 3.00. The van der Waals surface area contributed by atoms with Gasteiger partial charge in [0.05, 0.1) is 17.6 Å². The molecule has 0 fully saturated rings. The topological polar surface area (TPSA) is 116 Å². The van der Waals surface area contributed by atoms with Crippen molar-refractivity contribution in [1.82, 2.24) is 0 Å². The van der Waals surface area contributed by atoms with Gasteiger partial charge >= 0.3 is 17.6 Å². The number of aromatic carboxylic acids is 1. The Hall–Kier alpha value is -2.64. The van der Waals surface area contributed by atoms with E-state index >= 15 is 0 Å². The molecular weight excluding hydrogens is 246 g/mol. The van der Waals surface area contributed by atoms with Gasteiger partial charge in [0.1, 0.15) is 0 Å². The fraction of sp³-hybridized carbons (Fsp3) is 0.200. The van der Waals surface area contributed by atoms with Crippen LogP contribution < -0.4 is 4.74 Å². The van der Waals surface area contributed by atoms with E-state index in [1.807, 2.05) is 0 Å². The fourth-order valence-corrected chi connectivity index (χ4v) is 1.11. The molecule has 1 aromatic rings. The summed E-state index contributed by atoms with van der Waals surface area (Å²) < 4.78 is 9.18. The van der Waals surface area contributed by atoms with Crippen LogP contribution in [0.4, 0.5) is 5.69 Å². The van der Waals surface area contributed by atoms with E-state index in [1.165, 1.54) is 0 Å². The molecule has 0 spiro atoms. The van der Waals surface area contributed by atoms with Crippen LogP contribution in [0.25, 0.3) is 0 Å². The molecule has 1 aromatic carbocycles. The number of hydrogen-bond acceptors (Lipinski definition) is 6. The fourth-order valence-electron chi connectivity index (χ4n) is 1.11. The van der Waals surface area contributed by atoms with Gasteiger partial charge in [-0.25, -0.2) is 9.59 Å². The second kappa shape index (κ2) is 5.62. The second-order valence-electron chi connectivity index (χ2n) is 3.11. The van der Waals surface area contributed by atoms with Gasteiger partial charge in [-0.15, -0.1) is 0 Å². The molecule has 1 rings (SSSR count). The van der Waals surface area contributed by atoms with Crippen LogP contribution in [0.5, 0.6) is 5.75 Å². The molecule has 96 valence electrons. The third-order valence-electron chi connectivity index (χ3n) is 1.98. The standard InChI is InChI=1S/C10H9NO7/c1-17-9(12)5-18-8-3-2-6(10(13)14)4-7(8)11(15)16/h2-4H,5H2,1H3,(H,13,14). The number of ether oxygens (including phenoxy) is 2. The average molecular weight is 255 g/mol. The minimum atomic E-state index is -1.29. The summed E-state index contributed by atoms with van der Waals surface area (Å²) in [5.41, 5.74) is -0.772. The van der Waals surface area contributed by atoms with Gasteiger partial charge in [-0.2, -0.15) is 0 Å². The first-order valence-corrected chi connectivity index (χ1v) is 4.67. The first-order chi connectivity index (χ1) is 8.45. The van der Waals surface area contributed by atoms with Gasteiger partial charge in [0, 0.05) is 6.07 Å². The molecule has 0 unspecified atom stereocenters. The first-order valence-electron chi connectivity index (χ1n) is 4.67. The minimum absolute atomic E-state index is 0.199. The van der Waals surface area contributed by atoms with Crippen LogP contribution in [-0.4, -0.2) is 35.7 Å². The lowest BCUT2D eigenvalue weighted by atomic mass is 10.2. The van der Waals surface area contributed by atoms with E-state index in [4.69, 9.17) is 9.84 Å². The molecule has 0 atom stereocenters. The van der Waals surface area contributed by atoms with Gasteiger partial charge in [-0.3, -0.25) is 10.1 Å². The second-order valence-corrected chi connectivity index (χ2v) is 3.11. The van der Waals surface area contributed by atoms with Crippen molar-refractivity contribution in [2.24, 2.45) is 0 Å². The predicted molar refractivity (Wildman–Crippen MR) is 57.6 cm³/mol. The van der Waals surface area contributed by atoms with E-state index in [0.717, 1.165) is 25.3 Å². The maximum Gasteiger partial charge on any atom is 0.343 e. The Kier molecular flexibility index (Phi) is 4.19. The van der Waals surface area contributed by atoms with E-state index in [2.05, 4.69) is 4.74 Å². The molecular formula is C10H9NO7. The summed E-state index contributed by atoms with van der Waals surface area (Å²) in [5.74, 6) is -2.19. The van der Waals surface area contributed by atoms with Crippen molar-refractivity contribution in [3.63, 3.8) is 0 Å². The number of nitro groups is 1. The van der Waals surface area contributed by atoms with E-state index in [1.54, 1.807) is 0 Å². The SMILES string of the molecule is COC(=O)COc1ccc(C(=O)O)cc1[N+](=O)[O-]. The van der Waals surface area contributed by atoms with Crippen molar-refractivity contribution in [2.75, 3.05) is 13.7 Å². The number of esters is 1. The number of methoxy groups -OCH3 is 1. The van der Waals surface area contributed by atoms with Crippen LogP contribution in [0.2, 0.25) is 0 Å². The van der Waals surface area contributed by atoms with Gasteiger partial charge in [-0.05, 0) is 12.1 Å². The lowest BCUT2D eigenvalue weighted by molar-refractivity contribution is -0.385. The molecule has 0 radical (unpaired) electrons. The quantitative estimate of drug-likeness (QED) is 0.470. The lowest BCUT2D eigenvalue weighted by Gasteiger charge is -2.05. The molecule has 0 heterocycles. The number of benzene rings is 1. The van der Waals surface area contributed by atoms with E-state index in [9.17, 15) is 19.7 Å². The number of hydrogen-bond donors (Lipinski definition) is 1.